The molecule has 15 nitrogen and oxygen atoms in total. The molecular weight excluding hydrogens is 667 g/mol. The van der Waals surface area contributed by atoms with Gasteiger partial charge in [0.1, 0.15) is 18.1 Å². The average Bonchev–Trinajstić information content (AvgIpc) is 2.99. The van der Waals surface area contributed by atoms with Crippen molar-refractivity contribution in [2.45, 2.75) is 90.2 Å². The van der Waals surface area contributed by atoms with E-state index in [1.807, 2.05) is 32.4 Å². The largest absolute Gasteiger partial charge is 0.481 e. The third-order valence-corrected chi connectivity index (χ3v) is 8.39. The first kappa shape index (κ1) is 42.2. The second-order valence-electron chi connectivity index (χ2n) is 12.4. The van der Waals surface area contributed by atoms with Crippen LogP contribution in [-0.4, -0.2) is 86.2 Å². The van der Waals surface area contributed by atoms with Gasteiger partial charge in [0, 0.05) is 24.6 Å². The molecule has 0 saturated heterocycles. The van der Waals surface area contributed by atoms with Gasteiger partial charge in [0.05, 0.1) is 11.5 Å². The molecule has 0 aromatic heterocycles. The third kappa shape index (κ3) is 15.8. The molecule has 0 aliphatic rings. The summed E-state index contributed by atoms with van der Waals surface area (Å²) in [5, 5.41) is 19.3. The maximum absolute atomic E-state index is 13.3. The Balaban J connectivity index is 2.86. The fourth-order valence-corrected chi connectivity index (χ4v) is 5.37. The second-order valence-corrected chi connectivity index (χ2v) is 14.4. The van der Waals surface area contributed by atoms with Crippen LogP contribution in [0.25, 0.3) is 0 Å². The Kier molecular flexibility index (Phi) is 18.0. The number of benzene rings is 1. The Morgan fingerprint density at radius 2 is 1.38 bits per heavy atom. The fourth-order valence-electron chi connectivity index (χ4n) is 4.00. The molecular formula is C31H49N5O10S2. The summed E-state index contributed by atoms with van der Waals surface area (Å²) < 4.78 is 31.9. The monoisotopic (exact) mass is 715 g/mol. The molecule has 0 aliphatic heterocycles. The van der Waals surface area contributed by atoms with Crippen molar-refractivity contribution < 1.29 is 47.0 Å². The molecule has 17 heteroatoms. The predicted molar refractivity (Wildman–Crippen MR) is 180 cm³/mol. The predicted octanol–water partition coefficient (Wildman–Crippen LogP) is 1.37. The second kappa shape index (κ2) is 20.5. The molecule has 0 spiro atoms. The SMILES string of the molecule is CC(C)COC(=O)N[C@@H](CCC(=O)O)C(=O)N[C@@H](CC(C)C)C(=O)N[C@@H](CS)C(=O)NCCc1ccc(S(=O)(=O)NC(=O)C(C)C)cc1. The van der Waals surface area contributed by atoms with Crippen LogP contribution < -0.4 is 26.0 Å². The van der Waals surface area contributed by atoms with Crippen LogP contribution in [0.4, 0.5) is 4.79 Å². The molecule has 0 aliphatic carbocycles. The summed E-state index contributed by atoms with van der Waals surface area (Å²) in [6, 6.07) is 2.33. The van der Waals surface area contributed by atoms with E-state index in [1.54, 1.807) is 26.0 Å². The van der Waals surface area contributed by atoms with Crippen molar-refractivity contribution in [2.24, 2.45) is 17.8 Å². The molecule has 1 aromatic carbocycles. The summed E-state index contributed by atoms with van der Waals surface area (Å²) in [7, 11) is -4.02. The lowest BCUT2D eigenvalue weighted by molar-refractivity contribution is -0.137. The molecule has 0 heterocycles. The van der Waals surface area contributed by atoms with Crippen molar-refractivity contribution in [3.05, 3.63) is 29.8 Å². The molecule has 48 heavy (non-hydrogen) atoms. The van der Waals surface area contributed by atoms with Crippen LogP contribution in [0.15, 0.2) is 29.2 Å². The zero-order valence-corrected chi connectivity index (χ0v) is 29.9. The standard InChI is InChI=1S/C31H49N5O10S2/c1-18(2)15-24(33-29(41)23(11-12-26(37)38)35-31(43)46-16-19(3)4)30(42)34-25(17-47)28(40)32-14-13-21-7-9-22(10-8-21)48(44,45)36-27(39)20(5)6/h7-10,18-20,23-25,47H,11-17H2,1-6H3,(H,32,40)(H,33,41)(H,34,42)(H,35,43)(H,36,39)(H,37,38)/t23-,24-,25-/m0/s1. The first-order chi connectivity index (χ1) is 22.4. The van der Waals surface area contributed by atoms with Gasteiger partial charge in [-0.3, -0.25) is 24.0 Å². The molecule has 1 aromatic rings. The van der Waals surface area contributed by atoms with E-state index in [2.05, 4.69) is 33.9 Å². The molecule has 3 atom stereocenters. The van der Waals surface area contributed by atoms with E-state index < -0.39 is 76.2 Å². The molecule has 0 unspecified atom stereocenters. The molecule has 1 rings (SSSR count). The molecule has 0 radical (unpaired) electrons. The van der Waals surface area contributed by atoms with Crippen LogP contribution in [0.1, 0.15) is 66.4 Å². The first-order valence-corrected chi connectivity index (χ1v) is 17.8. The van der Waals surface area contributed by atoms with E-state index in [0.29, 0.717) is 12.0 Å². The Bertz CT molecular complexity index is 1370. The smallest absolute Gasteiger partial charge is 0.407 e. The van der Waals surface area contributed by atoms with E-state index in [-0.39, 0.29) is 48.5 Å². The molecule has 5 amide bonds. The molecule has 0 saturated carbocycles. The summed E-state index contributed by atoms with van der Waals surface area (Å²) in [6.45, 7) is 10.7. The van der Waals surface area contributed by atoms with Crippen LogP contribution in [0.5, 0.6) is 0 Å². The Hall–Kier alpha value is -3.86. The highest BCUT2D eigenvalue weighted by Crippen LogP contribution is 2.12. The maximum atomic E-state index is 13.3. The van der Waals surface area contributed by atoms with Gasteiger partial charge in [-0.15, -0.1) is 0 Å². The summed E-state index contributed by atoms with van der Waals surface area (Å²) >= 11 is 4.19. The number of hydrogen-bond donors (Lipinski definition) is 7. The number of nitrogens with one attached hydrogen (secondary N) is 5. The zero-order chi connectivity index (χ0) is 36.6. The minimum absolute atomic E-state index is 0.0295. The summed E-state index contributed by atoms with van der Waals surface area (Å²) in [5.41, 5.74) is 0.703. The lowest BCUT2D eigenvalue weighted by atomic mass is 10.0. The third-order valence-electron chi connectivity index (χ3n) is 6.66. The topological polar surface area (TPSA) is 226 Å². The van der Waals surface area contributed by atoms with Gasteiger partial charge in [0.15, 0.2) is 0 Å². The molecule has 6 N–H and O–H groups in total. The highest BCUT2D eigenvalue weighted by atomic mass is 32.2. The van der Waals surface area contributed by atoms with Crippen molar-refractivity contribution in [3.63, 3.8) is 0 Å². The number of carbonyl (C=O) groups is 6. The van der Waals surface area contributed by atoms with E-state index in [4.69, 9.17) is 9.84 Å². The average molecular weight is 716 g/mol. The van der Waals surface area contributed by atoms with E-state index in [1.165, 1.54) is 12.1 Å². The van der Waals surface area contributed by atoms with Gasteiger partial charge in [-0.25, -0.2) is 17.9 Å². The zero-order valence-electron chi connectivity index (χ0n) is 28.2. The Morgan fingerprint density at radius 3 is 1.90 bits per heavy atom. The number of hydrogen-bond acceptors (Lipinski definition) is 10. The van der Waals surface area contributed by atoms with Gasteiger partial charge in [-0.2, -0.15) is 12.6 Å². The van der Waals surface area contributed by atoms with Crippen LogP contribution in [0.3, 0.4) is 0 Å². The van der Waals surface area contributed by atoms with Gasteiger partial charge < -0.3 is 31.1 Å². The maximum Gasteiger partial charge on any atom is 0.407 e. The number of carbonyl (C=O) groups excluding carboxylic acids is 5. The van der Waals surface area contributed by atoms with Gasteiger partial charge >= 0.3 is 12.1 Å². The minimum Gasteiger partial charge on any atom is -0.481 e. The minimum atomic E-state index is -4.02. The number of carboxylic acid groups (broad SMARTS) is 1. The molecule has 270 valence electrons. The number of thiol groups is 1. The van der Waals surface area contributed by atoms with Crippen molar-refractivity contribution >= 4 is 58.3 Å². The van der Waals surface area contributed by atoms with Crippen molar-refractivity contribution in [3.8, 4) is 0 Å². The van der Waals surface area contributed by atoms with Crippen LogP contribution in [-0.2, 0) is 45.2 Å². The first-order valence-electron chi connectivity index (χ1n) is 15.7. The van der Waals surface area contributed by atoms with Gasteiger partial charge in [-0.05, 0) is 48.8 Å². The number of sulfonamides is 1. The van der Waals surface area contributed by atoms with Gasteiger partial charge in [-0.1, -0.05) is 53.7 Å². The fraction of sp³-hybridized carbons (Fsp3) is 0.613. The Labute approximate surface area is 287 Å². The van der Waals surface area contributed by atoms with E-state index in [0.717, 1.165) is 0 Å². The lowest BCUT2D eigenvalue weighted by Gasteiger charge is -2.25. The Morgan fingerprint density at radius 1 is 0.792 bits per heavy atom. The normalized spacial score (nSPS) is 13.3. The quantitative estimate of drug-likeness (QED) is 0.0960. The van der Waals surface area contributed by atoms with Crippen LogP contribution in [0.2, 0.25) is 0 Å². The highest BCUT2D eigenvalue weighted by molar-refractivity contribution is 7.90. The molecule has 0 fully saturated rings. The number of amides is 5. The van der Waals surface area contributed by atoms with E-state index in [9.17, 15) is 37.2 Å². The van der Waals surface area contributed by atoms with E-state index >= 15 is 0 Å². The number of aliphatic carboxylic acids is 1. The van der Waals surface area contributed by atoms with Crippen molar-refractivity contribution in [2.75, 3.05) is 18.9 Å². The van der Waals surface area contributed by atoms with Gasteiger partial charge in [0.25, 0.3) is 10.0 Å². The van der Waals surface area contributed by atoms with Crippen LogP contribution in [0, 0.1) is 17.8 Å². The number of ether oxygens (including phenoxy) is 1. The summed E-state index contributed by atoms with van der Waals surface area (Å²) in [6.07, 6.45) is -1.07. The van der Waals surface area contributed by atoms with Crippen molar-refractivity contribution in [1.29, 1.82) is 0 Å². The molecule has 0 bridgehead atoms. The number of carboxylic acids is 1. The van der Waals surface area contributed by atoms with Crippen molar-refractivity contribution in [1.82, 2.24) is 26.0 Å². The van der Waals surface area contributed by atoms with Crippen LogP contribution >= 0.6 is 12.6 Å². The number of alkyl carbamates (subject to hydrolysis) is 1. The lowest BCUT2D eigenvalue weighted by Crippen LogP contribution is -2.57. The van der Waals surface area contributed by atoms with Gasteiger partial charge in [0.2, 0.25) is 23.6 Å². The highest BCUT2D eigenvalue weighted by Gasteiger charge is 2.30. The number of rotatable bonds is 20. The summed E-state index contributed by atoms with van der Waals surface area (Å²) in [5.74, 6) is -4.43. The summed E-state index contributed by atoms with van der Waals surface area (Å²) in [4.78, 5) is 74.4.